The van der Waals surface area contributed by atoms with Crippen molar-refractivity contribution in [3.05, 3.63) is 0 Å². The van der Waals surface area contributed by atoms with E-state index < -0.39 is 31.8 Å². The van der Waals surface area contributed by atoms with E-state index in [0.717, 1.165) is 0 Å². The van der Waals surface area contributed by atoms with Crippen LogP contribution in [0.1, 0.15) is 12.8 Å². The summed E-state index contributed by atoms with van der Waals surface area (Å²) in [6.45, 7) is -0.837. The Morgan fingerprint density at radius 2 is 1.80 bits per heavy atom. The third-order valence-corrected chi connectivity index (χ3v) is 0.939. The van der Waals surface area contributed by atoms with E-state index in [2.05, 4.69) is 0 Å². The first-order chi connectivity index (χ1) is 4.45. The van der Waals surface area contributed by atoms with Gasteiger partial charge in [0.2, 0.25) is 0 Å². The summed E-state index contributed by atoms with van der Waals surface area (Å²) in [4.78, 5) is 0. The molecule has 0 aromatic rings. The van der Waals surface area contributed by atoms with Crippen LogP contribution in [0.5, 0.6) is 0 Å². The maximum Gasteiger partial charge on any atom is 0.389 e. The van der Waals surface area contributed by atoms with E-state index in [9.17, 15) is 17.6 Å². The van der Waals surface area contributed by atoms with Gasteiger partial charge in [-0.3, -0.25) is 0 Å². The van der Waals surface area contributed by atoms with Gasteiger partial charge in [-0.05, 0) is 6.42 Å². The van der Waals surface area contributed by atoms with Crippen molar-refractivity contribution in [2.24, 2.45) is 0 Å². The monoisotopic (exact) mass is 160 g/mol. The van der Waals surface area contributed by atoms with Crippen LogP contribution in [0.15, 0.2) is 0 Å². The molecule has 1 atom stereocenters. The van der Waals surface area contributed by atoms with Crippen molar-refractivity contribution >= 4 is 0 Å². The lowest BCUT2D eigenvalue weighted by Crippen LogP contribution is -2.13. The molecule has 0 fully saturated rings. The summed E-state index contributed by atoms with van der Waals surface area (Å²) >= 11 is 0. The lowest BCUT2D eigenvalue weighted by atomic mass is 10.2. The average Bonchev–Trinajstić information content (AvgIpc) is 1.81. The molecule has 0 aliphatic carbocycles. The molecule has 0 amide bonds. The molecule has 5 heteroatoms. The van der Waals surface area contributed by atoms with Gasteiger partial charge >= 0.3 is 6.18 Å². The van der Waals surface area contributed by atoms with Crippen molar-refractivity contribution in [1.29, 1.82) is 0 Å². The topological polar surface area (TPSA) is 20.2 Å². The number of halogens is 4. The lowest BCUT2D eigenvalue weighted by molar-refractivity contribution is -0.138. The SMILES string of the molecule is OCC(F)CCC(F)(F)F. The Bertz CT molecular complexity index is 90.1. The fourth-order valence-corrected chi connectivity index (χ4v) is 0.412. The van der Waals surface area contributed by atoms with Gasteiger partial charge in [0.25, 0.3) is 0 Å². The average molecular weight is 160 g/mol. The predicted molar refractivity (Wildman–Crippen MR) is 27.3 cm³/mol. The molecular weight excluding hydrogens is 152 g/mol. The minimum atomic E-state index is -4.32. The van der Waals surface area contributed by atoms with E-state index in [-0.39, 0.29) is 0 Å². The Balaban J connectivity index is 3.36. The molecule has 1 N–H and O–H groups in total. The van der Waals surface area contributed by atoms with E-state index >= 15 is 0 Å². The van der Waals surface area contributed by atoms with Gasteiger partial charge in [0.15, 0.2) is 0 Å². The first-order valence-corrected chi connectivity index (χ1v) is 2.77. The number of aliphatic hydroxyl groups excluding tert-OH is 1. The first-order valence-electron chi connectivity index (χ1n) is 2.77. The normalized spacial score (nSPS) is 15.3. The molecular formula is C5H8F4O. The van der Waals surface area contributed by atoms with Gasteiger partial charge in [0.1, 0.15) is 6.17 Å². The largest absolute Gasteiger partial charge is 0.393 e. The highest BCUT2D eigenvalue weighted by Crippen LogP contribution is 2.22. The Hall–Kier alpha value is -0.320. The summed E-state index contributed by atoms with van der Waals surface area (Å²) in [5, 5.41) is 7.99. The minimum absolute atomic E-state index is 0.653. The quantitative estimate of drug-likeness (QED) is 0.622. The van der Waals surface area contributed by atoms with Crippen LogP contribution in [0, 0.1) is 0 Å². The second kappa shape index (κ2) is 3.75. The predicted octanol–water partition coefficient (Wildman–Crippen LogP) is 1.66. The van der Waals surface area contributed by atoms with Crippen molar-refractivity contribution in [3.8, 4) is 0 Å². The van der Waals surface area contributed by atoms with Crippen molar-refractivity contribution in [2.75, 3.05) is 6.61 Å². The van der Waals surface area contributed by atoms with Crippen LogP contribution < -0.4 is 0 Å². The van der Waals surface area contributed by atoms with E-state index in [0.29, 0.717) is 0 Å². The zero-order valence-electron chi connectivity index (χ0n) is 5.16. The van der Waals surface area contributed by atoms with Gasteiger partial charge in [0, 0.05) is 6.42 Å². The van der Waals surface area contributed by atoms with Gasteiger partial charge < -0.3 is 5.11 Å². The highest BCUT2D eigenvalue weighted by Gasteiger charge is 2.27. The number of hydrogen-bond acceptors (Lipinski definition) is 1. The van der Waals surface area contributed by atoms with Crippen molar-refractivity contribution in [2.45, 2.75) is 25.2 Å². The number of hydrogen-bond donors (Lipinski definition) is 1. The molecule has 0 aliphatic heterocycles. The van der Waals surface area contributed by atoms with E-state index in [1.165, 1.54) is 0 Å². The number of rotatable bonds is 3. The summed E-state index contributed by atoms with van der Waals surface area (Å²) in [6, 6.07) is 0. The molecule has 62 valence electrons. The smallest absolute Gasteiger partial charge is 0.389 e. The van der Waals surface area contributed by atoms with Crippen LogP contribution in [-0.4, -0.2) is 24.1 Å². The van der Waals surface area contributed by atoms with Crippen LogP contribution in [-0.2, 0) is 0 Å². The molecule has 0 spiro atoms. The van der Waals surface area contributed by atoms with Crippen LogP contribution in [0.3, 0.4) is 0 Å². The molecule has 0 bridgehead atoms. The highest BCUT2D eigenvalue weighted by atomic mass is 19.4. The van der Waals surface area contributed by atoms with Crippen LogP contribution in [0.4, 0.5) is 17.6 Å². The van der Waals surface area contributed by atoms with Gasteiger partial charge in [-0.25, -0.2) is 4.39 Å². The molecule has 0 saturated heterocycles. The standard InChI is InChI=1S/C5H8F4O/c6-4(3-10)1-2-5(7,8)9/h4,10H,1-3H2. The molecule has 0 radical (unpaired) electrons. The summed E-state index contributed by atoms with van der Waals surface area (Å²) in [5.41, 5.74) is 0. The molecule has 0 aromatic carbocycles. The van der Waals surface area contributed by atoms with Gasteiger partial charge in [0.05, 0.1) is 6.61 Å². The third kappa shape index (κ3) is 5.81. The molecule has 1 unspecified atom stereocenters. The van der Waals surface area contributed by atoms with E-state index in [1.807, 2.05) is 0 Å². The summed E-state index contributed by atoms with van der Waals surface area (Å²) in [5.74, 6) is 0. The molecule has 0 saturated carbocycles. The maximum absolute atomic E-state index is 11.9. The Morgan fingerprint density at radius 1 is 1.30 bits per heavy atom. The zero-order valence-corrected chi connectivity index (χ0v) is 5.16. The lowest BCUT2D eigenvalue weighted by Gasteiger charge is -2.06. The third-order valence-electron chi connectivity index (χ3n) is 0.939. The van der Waals surface area contributed by atoms with Crippen molar-refractivity contribution in [3.63, 3.8) is 0 Å². The summed E-state index contributed by atoms with van der Waals surface area (Å²) in [6.07, 6.45) is -7.89. The number of alkyl halides is 4. The maximum atomic E-state index is 11.9. The van der Waals surface area contributed by atoms with E-state index in [1.54, 1.807) is 0 Å². The molecule has 0 aromatic heterocycles. The van der Waals surface area contributed by atoms with Crippen LogP contribution in [0.2, 0.25) is 0 Å². The Kier molecular flexibility index (Phi) is 3.63. The second-order valence-corrected chi connectivity index (χ2v) is 1.93. The van der Waals surface area contributed by atoms with Crippen molar-refractivity contribution < 1.29 is 22.7 Å². The molecule has 10 heavy (non-hydrogen) atoms. The molecule has 0 rings (SSSR count). The summed E-state index contributed by atoms with van der Waals surface area (Å²) < 4.78 is 45.8. The fraction of sp³-hybridized carbons (Fsp3) is 1.00. The van der Waals surface area contributed by atoms with Gasteiger partial charge in [-0.15, -0.1) is 0 Å². The van der Waals surface area contributed by atoms with Gasteiger partial charge in [-0.2, -0.15) is 13.2 Å². The summed E-state index contributed by atoms with van der Waals surface area (Å²) in [7, 11) is 0. The Morgan fingerprint density at radius 3 is 2.10 bits per heavy atom. The Labute approximate surface area is 55.7 Å². The second-order valence-electron chi connectivity index (χ2n) is 1.93. The van der Waals surface area contributed by atoms with E-state index in [4.69, 9.17) is 5.11 Å². The van der Waals surface area contributed by atoms with Crippen molar-refractivity contribution in [1.82, 2.24) is 0 Å². The minimum Gasteiger partial charge on any atom is -0.393 e. The highest BCUT2D eigenvalue weighted by molar-refractivity contribution is 4.57. The van der Waals surface area contributed by atoms with Gasteiger partial charge in [-0.1, -0.05) is 0 Å². The zero-order chi connectivity index (χ0) is 8.20. The van der Waals surface area contributed by atoms with Crippen LogP contribution >= 0.6 is 0 Å². The molecule has 1 nitrogen and oxygen atoms in total. The van der Waals surface area contributed by atoms with Crippen LogP contribution in [0.25, 0.3) is 0 Å². The first kappa shape index (κ1) is 9.68. The number of aliphatic hydroxyl groups is 1. The molecule has 0 heterocycles. The fourth-order valence-electron chi connectivity index (χ4n) is 0.412. The molecule has 0 aliphatic rings.